The van der Waals surface area contributed by atoms with Gasteiger partial charge in [-0.05, 0) is 20.5 Å². The molecule has 0 amide bonds. The van der Waals surface area contributed by atoms with Crippen LogP contribution in [0.1, 0.15) is 77.6 Å². The Bertz CT molecular complexity index is 678. The van der Waals surface area contributed by atoms with E-state index in [1.807, 2.05) is 14.1 Å². The van der Waals surface area contributed by atoms with Crippen LogP contribution < -0.4 is 0 Å². The molecule has 0 saturated heterocycles. The van der Waals surface area contributed by atoms with Crippen molar-refractivity contribution in [3.8, 4) is 0 Å². The first-order chi connectivity index (χ1) is 18.5. The van der Waals surface area contributed by atoms with Gasteiger partial charge in [-0.15, -0.1) is 0 Å². The summed E-state index contributed by atoms with van der Waals surface area (Å²) in [7, 11) is 3.97. The first-order valence-corrected chi connectivity index (χ1v) is 13.2. The van der Waals surface area contributed by atoms with Crippen LogP contribution in [0.4, 0.5) is 0 Å². The number of rotatable bonds is 23. The lowest BCUT2D eigenvalue weighted by Gasteiger charge is -2.32. The molecular weight excluding hydrogens is 514 g/mol. The van der Waals surface area contributed by atoms with Gasteiger partial charge in [0.25, 0.3) is 0 Å². The lowest BCUT2D eigenvalue weighted by molar-refractivity contribution is -0.193. The minimum Gasteiger partial charge on any atom is -0.480 e. The molecule has 0 aromatic carbocycles. The summed E-state index contributed by atoms with van der Waals surface area (Å²) in [5.74, 6) is -3.16. The molecule has 0 heterocycles. The van der Waals surface area contributed by atoms with Crippen molar-refractivity contribution in [2.75, 3.05) is 53.4 Å². The highest BCUT2D eigenvalue weighted by molar-refractivity contribution is 5.72. The number of nitrogens with zero attached hydrogens (tertiary/aromatic N) is 3. The summed E-state index contributed by atoms with van der Waals surface area (Å²) in [4.78, 5) is 71.1. The molecule has 0 aliphatic carbocycles. The average molecular weight is 562 g/mol. The lowest BCUT2D eigenvalue weighted by Crippen LogP contribution is -2.46. The predicted octanol–water partition coefficient (Wildman–Crippen LogP) is 1.92. The third kappa shape index (κ3) is 33.0. The second-order valence-corrected chi connectivity index (χ2v) is 9.38. The summed E-state index contributed by atoms with van der Waals surface area (Å²) >= 11 is 0. The molecule has 0 spiro atoms. The van der Waals surface area contributed by atoms with Crippen LogP contribution in [-0.2, 0) is 33.6 Å². The van der Waals surface area contributed by atoms with Crippen molar-refractivity contribution in [3.05, 3.63) is 0 Å². The monoisotopic (exact) mass is 561 g/mol. The first-order valence-electron chi connectivity index (χ1n) is 13.2. The van der Waals surface area contributed by atoms with Crippen LogP contribution in [0.25, 0.3) is 0 Å². The minimum atomic E-state index is -1.10. The lowest BCUT2D eigenvalue weighted by atomic mass is 10.0. The van der Waals surface area contributed by atoms with Crippen LogP contribution in [0.15, 0.2) is 0 Å². The maximum atomic E-state index is 11.3. The van der Waals surface area contributed by atoms with Crippen molar-refractivity contribution >= 4 is 30.2 Å². The molecule has 13 heteroatoms. The van der Waals surface area contributed by atoms with Crippen molar-refractivity contribution in [1.82, 2.24) is 14.7 Å². The Morgan fingerprint density at radius 2 is 0.949 bits per heavy atom. The maximum absolute atomic E-state index is 11.3. The van der Waals surface area contributed by atoms with Crippen LogP contribution in [-0.4, -0.2) is 120 Å². The van der Waals surface area contributed by atoms with E-state index in [0.29, 0.717) is 13.1 Å². The normalized spacial score (nSPS) is 11.0. The van der Waals surface area contributed by atoms with E-state index >= 15 is 0 Å². The van der Waals surface area contributed by atoms with E-state index in [1.165, 1.54) is 62.7 Å². The molecule has 0 aromatic rings. The van der Waals surface area contributed by atoms with Gasteiger partial charge in [0.1, 0.15) is 0 Å². The van der Waals surface area contributed by atoms with E-state index in [1.54, 1.807) is 4.90 Å². The molecule has 3 N–H and O–H groups in total. The summed E-state index contributed by atoms with van der Waals surface area (Å²) in [6, 6.07) is 0.186. The molecule has 0 bridgehead atoms. The van der Waals surface area contributed by atoms with E-state index in [2.05, 4.69) is 11.8 Å². The van der Waals surface area contributed by atoms with Gasteiger partial charge in [-0.3, -0.25) is 24.2 Å². The van der Waals surface area contributed by atoms with Gasteiger partial charge in [0.2, 0.25) is 0 Å². The Morgan fingerprint density at radius 3 is 1.31 bits per heavy atom. The predicted molar refractivity (Wildman–Crippen MR) is 140 cm³/mol. The number of hydrogen-bond donors (Lipinski definition) is 3. The molecule has 0 aliphatic rings. The summed E-state index contributed by atoms with van der Waals surface area (Å²) in [6.45, 7) is 2.34. The van der Waals surface area contributed by atoms with E-state index in [0.717, 1.165) is 12.8 Å². The highest BCUT2D eigenvalue weighted by Gasteiger charge is 2.20. The maximum Gasteiger partial charge on any atom is 0.373 e. The Morgan fingerprint density at radius 1 is 0.615 bits per heavy atom. The van der Waals surface area contributed by atoms with E-state index in [-0.39, 0.29) is 44.5 Å². The Labute approximate surface area is 231 Å². The Kier molecular flexibility index (Phi) is 30.8. The smallest absolute Gasteiger partial charge is 0.373 e. The third-order valence-corrected chi connectivity index (χ3v) is 5.90. The Balaban J connectivity index is -0.00000196. The zero-order valence-corrected chi connectivity index (χ0v) is 23.6. The third-order valence-electron chi connectivity index (χ3n) is 5.90. The van der Waals surface area contributed by atoms with Crippen LogP contribution >= 0.6 is 0 Å². The van der Waals surface area contributed by atoms with Crippen molar-refractivity contribution in [1.29, 1.82) is 0 Å². The molecule has 0 saturated carbocycles. The van der Waals surface area contributed by atoms with Gasteiger partial charge in [0, 0.05) is 25.7 Å². The molecule has 13 nitrogen and oxygen atoms in total. The van der Waals surface area contributed by atoms with Crippen molar-refractivity contribution in [2.24, 2.45) is 0 Å². The second kappa shape index (κ2) is 29.6. The van der Waals surface area contributed by atoms with Crippen LogP contribution in [0.5, 0.6) is 0 Å². The number of carbonyl (C=O) groups excluding carboxylic acids is 4. The fraction of sp³-hybridized carbons (Fsp3) is 0.808. The second-order valence-electron chi connectivity index (χ2n) is 9.38. The van der Waals surface area contributed by atoms with E-state index in [9.17, 15) is 19.5 Å². The molecule has 226 valence electrons. The highest BCUT2D eigenvalue weighted by atomic mass is 16.4. The number of aliphatic carboxylic acids is 3. The summed E-state index contributed by atoms with van der Waals surface area (Å²) in [6.07, 6.45) is 14.1. The number of carboxylic acids is 3. The van der Waals surface area contributed by atoms with Crippen LogP contribution in [0.3, 0.4) is 0 Å². The highest BCUT2D eigenvalue weighted by Crippen LogP contribution is 2.14. The number of carboxylic acid groups (broad SMARTS) is 3. The summed E-state index contributed by atoms with van der Waals surface area (Å²) in [5.41, 5.74) is 0. The minimum absolute atomic E-state index is 0.156. The Hall–Kier alpha value is -2.95. The van der Waals surface area contributed by atoms with Gasteiger partial charge >= 0.3 is 30.2 Å². The van der Waals surface area contributed by atoms with Crippen molar-refractivity contribution in [2.45, 2.75) is 83.6 Å². The van der Waals surface area contributed by atoms with Gasteiger partial charge in [-0.25, -0.2) is 0 Å². The molecular formula is C26H47N3O10. The molecule has 0 aliphatic heterocycles. The molecule has 0 aromatic heterocycles. The standard InChI is InChI=1S/C24H47N3O6.2CO2/c1-4-5-6-7-8-9-10-11-12-13-14-21(25(2)3)17-26(18-22(28)29)15-16-27(19-23(30)31)20-24(32)33;2*2-1-3/h21H,4-20H2,1-3H3,(H,28,29)(H,30,31)(H,32,33);;. The van der Waals surface area contributed by atoms with Gasteiger partial charge in [0.15, 0.2) is 0 Å². The fourth-order valence-electron chi connectivity index (χ4n) is 3.98. The summed E-state index contributed by atoms with van der Waals surface area (Å²) < 4.78 is 0. The average Bonchev–Trinajstić information content (AvgIpc) is 2.82. The van der Waals surface area contributed by atoms with Gasteiger partial charge in [-0.2, -0.15) is 19.2 Å². The molecule has 1 atom stereocenters. The zero-order chi connectivity index (χ0) is 30.5. The molecule has 0 fully saturated rings. The SMILES string of the molecule is CCCCCCCCCCCCC(CN(CCN(CC(=O)O)CC(=O)O)CC(=O)O)N(C)C.O=C=O.O=C=O. The number of hydrogen-bond acceptors (Lipinski definition) is 10. The zero-order valence-electron chi connectivity index (χ0n) is 23.6. The van der Waals surface area contributed by atoms with Gasteiger partial charge in [-0.1, -0.05) is 71.1 Å². The number of carbonyl (C=O) groups is 3. The fourth-order valence-corrected chi connectivity index (χ4v) is 3.98. The quantitative estimate of drug-likeness (QED) is 0.153. The van der Waals surface area contributed by atoms with E-state index < -0.39 is 17.9 Å². The molecule has 0 rings (SSSR count). The molecule has 0 radical (unpaired) electrons. The number of unbranched alkanes of at least 4 members (excludes halogenated alkanes) is 9. The topological polar surface area (TPSA) is 190 Å². The molecule has 39 heavy (non-hydrogen) atoms. The van der Waals surface area contributed by atoms with Crippen LogP contribution in [0, 0.1) is 0 Å². The van der Waals surface area contributed by atoms with Crippen molar-refractivity contribution in [3.63, 3.8) is 0 Å². The summed E-state index contributed by atoms with van der Waals surface area (Å²) in [5, 5.41) is 27.3. The van der Waals surface area contributed by atoms with Crippen LogP contribution in [0.2, 0.25) is 0 Å². The number of likely N-dealkylation sites (N-methyl/N-ethyl adjacent to an activating group) is 1. The largest absolute Gasteiger partial charge is 0.480 e. The first kappa shape index (κ1) is 40.5. The van der Waals surface area contributed by atoms with Crippen molar-refractivity contribution < 1.29 is 48.9 Å². The van der Waals surface area contributed by atoms with Gasteiger partial charge < -0.3 is 20.2 Å². The van der Waals surface area contributed by atoms with Gasteiger partial charge in [0.05, 0.1) is 19.6 Å². The molecule has 1 unspecified atom stereocenters. The van der Waals surface area contributed by atoms with E-state index in [4.69, 9.17) is 29.4 Å².